The number of aliphatic hydroxyl groups is 1. The average molecular weight is 356 g/mol. The molecule has 1 aliphatic rings. The van der Waals surface area contributed by atoms with E-state index < -0.39 is 0 Å². The topological polar surface area (TPSA) is 50.1 Å². The van der Waals surface area contributed by atoms with Crippen molar-refractivity contribution in [1.82, 2.24) is 15.1 Å². The Bertz CT molecular complexity index is 581. The maximum absolute atomic E-state index is 9.08. The van der Waals surface area contributed by atoms with Crippen LogP contribution < -0.4 is 5.32 Å². The lowest BCUT2D eigenvalue weighted by Gasteiger charge is -2.24. The first-order valence-corrected chi connectivity index (χ1v) is 8.57. The Morgan fingerprint density at radius 1 is 1.55 bits per heavy atom. The number of rotatable bonds is 5. The van der Waals surface area contributed by atoms with Gasteiger partial charge in [-0.3, -0.25) is 4.68 Å². The van der Waals surface area contributed by atoms with Gasteiger partial charge in [-0.15, -0.1) is 11.3 Å². The average Bonchev–Trinajstić information content (AvgIpc) is 3.04. The summed E-state index contributed by atoms with van der Waals surface area (Å²) in [5.74, 6) is 0. The smallest absolute Gasteiger partial charge is 0.0644 e. The molecular weight excluding hydrogens is 338 g/mol. The van der Waals surface area contributed by atoms with Gasteiger partial charge in [0.05, 0.1) is 19.3 Å². The second-order valence-electron chi connectivity index (χ2n) is 5.01. The Labute approximate surface area is 130 Å². The van der Waals surface area contributed by atoms with Crippen LogP contribution in [-0.2, 0) is 19.5 Å². The van der Waals surface area contributed by atoms with E-state index in [1.807, 2.05) is 10.9 Å². The van der Waals surface area contributed by atoms with Gasteiger partial charge in [0.15, 0.2) is 0 Å². The number of hydrogen-bond acceptors (Lipinski definition) is 4. The molecule has 0 saturated carbocycles. The fourth-order valence-corrected chi connectivity index (χ4v) is 4.23. The third kappa shape index (κ3) is 2.83. The van der Waals surface area contributed by atoms with Gasteiger partial charge in [0.25, 0.3) is 0 Å². The lowest BCUT2D eigenvalue weighted by molar-refractivity contribution is 0.266. The maximum atomic E-state index is 9.08. The highest BCUT2D eigenvalue weighted by Gasteiger charge is 2.23. The summed E-state index contributed by atoms with van der Waals surface area (Å²) in [4.78, 5) is 1.33. The Morgan fingerprint density at radius 2 is 2.45 bits per heavy atom. The Hall–Kier alpha value is -0.690. The number of fused-ring (bicyclic) bond motifs is 1. The van der Waals surface area contributed by atoms with Gasteiger partial charge in [-0.1, -0.05) is 0 Å². The number of aromatic nitrogens is 2. The van der Waals surface area contributed by atoms with Gasteiger partial charge in [-0.25, -0.2) is 0 Å². The first kappa shape index (κ1) is 14.3. The van der Waals surface area contributed by atoms with E-state index in [-0.39, 0.29) is 6.61 Å². The lowest BCUT2D eigenvalue weighted by Crippen LogP contribution is -2.25. The Balaban J connectivity index is 1.72. The fourth-order valence-electron chi connectivity index (χ4n) is 2.79. The van der Waals surface area contributed by atoms with Gasteiger partial charge < -0.3 is 10.4 Å². The zero-order chi connectivity index (χ0) is 13.9. The van der Waals surface area contributed by atoms with Crippen LogP contribution in [0.3, 0.4) is 0 Å². The van der Waals surface area contributed by atoms with Crippen molar-refractivity contribution < 1.29 is 5.11 Å². The van der Waals surface area contributed by atoms with Crippen molar-refractivity contribution in [3.8, 4) is 0 Å². The van der Waals surface area contributed by atoms with E-state index in [0.717, 1.165) is 19.4 Å². The number of hydrogen-bond donors (Lipinski definition) is 2. The molecule has 0 amide bonds. The van der Waals surface area contributed by atoms with E-state index >= 15 is 0 Å². The van der Waals surface area contributed by atoms with Crippen LogP contribution in [0.25, 0.3) is 0 Å². The van der Waals surface area contributed by atoms with Crippen molar-refractivity contribution in [2.45, 2.75) is 38.4 Å². The van der Waals surface area contributed by atoms with Gasteiger partial charge in [0, 0.05) is 33.2 Å². The van der Waals surface area contributed by atoms with Crippen LogP contribution in [0.2, 0.25) is 0 Å². The summed E-state index contributed by atoms with van der Waals surface area (Å²) in [5, 5.41) is 19.2. The molecule has 0 aromatic carbocycles. The van der Waals surface area contributed by atoms with Crippen LogP contribution >= 0.6 is 27.3 Å². The van der Waals surface area contributed by atoms with Gasteiger partial charge in [-0.2, -0.15) is 5.10 Å². The molecule has 2 heterocycles. The maximum Gasteiger partial charge on any atom is 0.0644 e. The first-order valence-electron chi connectivity index (χ1n) is 6.90. The molecule has 1 atom stereocenters. The molecule has 108 valence electrons. The van der Waals surface area contributed by atoms with E-state index in [0.29, 0.717) is 12.6 Å². The largest absolute Gasteiger partial charge is 0.394 e. The van der Waals surface area contributed by atoms with Gasteiger partial charge in [0.1, 0.15) is 0 Å². The molecule has 0 bridgehead atoms. The van der Waals surface area contributed by atoms with E-state index in [1.165, 1.54) is 27.0 Å². The third-order valence-corrected chi connectivity index (χ3v) is 5.70. The minimum Gasteiger partial charge on any atom is -0.394 e. The summed E-state index contributed by atoms with van der Waals surface area (Å²) >= 11 is 5.34. The molecule has 1 aliphatic carbocycles. The summed E-state index contributed by atoms with van der Waals surface area (Å²) in [6.45, 7) is 1.63. The summed E-state index contributed by atoms with van der Waals surface area (Å²) in [7, 11) is 0. The molecule has 3 rings (SSSR count). The predicted octanol–water partition coefficient (Wildman–Crippen LogP) is 2.87. The van der Waals surface area contributed by atoms with Crippen LogP contribution in [0.5, 0.6) is 0 Å². The third-order valence-electron chi connectivity index (χ3n) is 3.77. The van der Waals surface area contributed by atoms with Crippen LogP contribution in [0, 0.1) is 0 Å². The van der Waals surface area contributed by atoms with Gasteiger partial charge in [0.2, 0.25) is 0 Å². The molecule has 4 nitrogen and oxygen atoms in total. The van der Waals surface area contributed by atoms with Crippen molar-refractivity contribution >= 4 is 27.3 Å². The minimum absolute atomic E-state index is 0.147. The monoisotopic (exact) mass is 355 g/mol. The van der Waals surface area contributed by atoms with E-state index in [4.69, 9.17) is 5.11 Å². The van der Waals surface area contributed by atoms with Gasteiger partial charge in [-0.05, 0) is 46.6 Å². The lowest BCUT2D eigenvalue weighted by atomic mass is 9.93. The summed E-state index contributed by atoms with van der Waals surface area (Å²) in [6, 6.07) is 2.47. The summed E-state index contributed by atoms with van der Waals surface area (Å²) in [6.07, 6.45) is 5.36. The van der Waals surface area contributed by atoms with Crippen LogP contribution in [0.15, 0.2) is 22.1 Å². The molecule has 0 aliphatic heterocycles. The van der Waals surface area contributed by atoms with Crippen LogP contribution in [0.1, 0.15) is 35.0 Å². The number of thiophene rings is 1. The van der Waals surface area contributed by atoms with Crippen molar-refractivity contribution in [2.75, 3.05) is 6.61 Å². The minimum atomic E-state index is 0.147. The van der Waals surface area contributed by atoms with Crippen molar-refractivity contribution in [3.63, 3.8) is 0 Å². The molecular formula is C14H18BrN3OS. The predicted molar refractivity (Wildman–Crippen MR) is 83.9 cm³/mol. The van der Waals surface area contributed by atoms with Crippen molar-refractivity contribution in [3.05, 3.63) is 38.3 Å². The highest BCUT2D eigenvalue weighted by molar-refractivity contribution is 9.10. The molecule has 6 heteroatoms. The zero-order valence-corrected chi connectivity index (χ0v) is 13.6. The second kappa shape index (κ2) is 6.39. The van der Waals surface area contributed by atoms with Crippen molar-refractivity contribution in [2.24, 2.45) is 0 Å². The van der Waals surface area contributed by atoms with Crippen LogP contribution in [0.4, 0.5) is 0 Å². The van der Waals surface area contributed by atoms with E-state index in [2.05, 4.69) is 37.8 Å². The molecule has 2 N–H and O–H groups in total. The summed E-state index contributed by atoms with van der Waals surface area (Å²) in [5.41, 5.74) is 2.59. The number of halogens is 1. The molecule has 0 spiro atoms. The summed E-state index contributed by atoms with van der Waals surface area (Å²) < 4.78 is 3.13. The Kier molecular flexibility index (Phi) is 4.55. The van der Waals surface area contributed by atoms with Crippen molar-refractivity contribution in [1.29, 1.82) is 0 Å². The molecule has 1 unspecified atom stereocenters. The van der Waals surface area contributed by atoms with Crippen LogP contribution in [-0.4, -0.2) is 21.5 Å². The number of nitrogens with zero attached hydrogens (tertiary/aromatic N) is 2. The number of aliphatic hydroxyl groups excluding tert-OH is 1. The molecule has 2 aromatic heterocycles. The molecule has 0 saturated heterocycles. The first-order chi connectivity index (χ1) is 9.79. The molecule has 0 radical (unpaired) electrons. The standard InChI is InChI=1S/C14H18BrN3OS/c15-11-4-7-20-14(11)9-16-12-2-1-3-13-10(12)8-17-18(13)5-6-19/h4,7-8,12,16,19H,1-3,5-6,9H2. The van der Waals surface area contributed by atoms with E-state index in [1.54, 1.807) is 11.3 Å². The zero-order valence-electron chi connectivity index (χ0n) is 11.2. The highest BCUT2D eigenvalue weighted by atomic mass is 79.9. The molecule has 0 fully saturated rings. The number of nitrogens with one attached hydrogen (secondary N) is 1. The highest BCUT2D eigenvalue weighted by Crippen LogP contribution is 2.31. The fraction of sp³-hybridized carbons (Fsp3) is 0.500. The normalized spacial score (nSPS) is 18.2. The second-order valence-corrected chi connectivity index (χ2v) is 6.87. The molecule has 2 aromatic rings. The Morgan fingerprint density at radius 3 is 3.20 bits per heavy atom. The van der Waals surface area contributed by atoms with Gasteiger partial charge >= 0.3 is 0 Å². The SMILES string of the molecule is OCCn1ncc2c1CCCC2NCc1sccc1Br. The quantitative estimate of drug-likeness (QED) is 0.866. The van der Waals surface area contributed by atoms with E-state index in [9.17, 15) is 0 Å². The molecule has 20 heavy (non-hydrogen) atoms.